The lowest BCUT2D eigenvalue weighted by Crippen LogP contribution is -2.37. The van der Waals surface area contributed by atoms with Crippen LogP contribution in [-0.4, -0.2) is 22.6 Å². The minimum absolute atomic E-state index is 0.171. The average Bonchev–Trinajstić information content (AvgIpc) is 3.00. The highest BCUT2D eigenvalue weighted by molar-refractivity contribution is 6.35. The smallest absolute Gasteiger partial charge is 0.232 e. The molecular weight excluding hydrogens is 361 g/mol. The fourth-order valence-corrected chi connectivity index (χ4v) is 2.42. The van der Waals surface area contributed by atoms with Crippen LogP contribution in [0.15, 0.2) is 27.7 Å². The zero-order valence-electron chi connectivity index (χ0n) is 14.9. The summed E-state index contributed by atoms with van der Waals surface area (Å²) in [5.74, 6) is 1.84. The largest absolute Gasteiger partial charge is 0.357 e. The number of nitrogens with zero attached hydrogens (tertiary/aromatic N) is 3. The molecule has 6 nitrogen and oxygen atoms in total. The quantitative estimate of drug-likeness (QED) is 0.604. The predicted octanol–water partition coefficient (Wildman–Crippen LogP) is 3.93. The molecule has 2 N–H and O–H groups in total. The molecule has 0 aliphatic heterocycles. The molecule has 0 amide bonds. The van der Waals surface area contributed by atoms with Gasteiger partial charge in [0.25, 0.3) is 0 Å². The molecule has 25 heavy (non-hydrogen) atoms. The van der Waals surface area contributed by atoms with Gasteiger partial charge in [-0.05, 0) is 24.6 Å². The highest BCUT2D eigenvalue weighted by Crippen LogP contribution is 2.21. The molecule has 0 radical (unpaired) electrons. The van der Waals surface area contributed by atoms with Crippen LogP contribution in [0, 0.1) is 0 Å². The van der Waals surface area contributed by atoms with Gasteiger partial charge in [-0.2, -0.15) is 4.98 Å². The molecule has 2 aromatic rings. The summed E-state index contributed by atoms with van der Waals surface area (Å²) in [6.45, 7) is 9.67. The molecule has 0 bridgehead atoms. The summed E-state index contributed by atoms with van der Waals surface area (Å²) in [7, 11) is 0. The van der Waals surface area contributed by atoms with Gasteiger partial charge >= 0.3 is 0 Å². The van der Waals surface area contributed by atoms with Crippen LogP contribution < -0.4 is 10.6 Å². The molecule has 1 heterocycles. The van der Waals surface area contributed by atoms with E-state index in [1.54, 1.807) is 12.1 Å². The molecule has 0 atom stereocenters. The molecule has 0 saturated carbocycles. The number of hydrogen-bond donors (Lipinski definition) is 2. The van der Waals surface area contributed by atoms with Gasteiger partial charge in [-0.1, -0.05) is 55.2 Å². The van der Waals surface area contributed by atoms with E-state index in [-0.39, 0.29) is 5.41 Å². The first-order valence-corrected chi connectivity index (χ1v) is 8.84. The summed E-state index contributed by atoms with van der Waals surface area (Å²) in [6.07, 6.45) is 0. The minimum atomic E-state index is -0.171. The van der Waals surface area contributed by atoms with E-state index in [2.05, 4.69) is 25.8 Å². The molecule has 1 aromatic heterocycles. The van der Waals surface area contributed by atoms with E-state index < -0.39 is 0 Å². The van der Waals surface area contributed by atoms with E-state index in [4.69, 9.17) is 27.7 Å². The van der Waals surface area contributed by atoms with Crippen molar-refractivity contribution < 1.29 is 4.52 Å². The van der Waals surface area contributed by atoms with Crippen molar-refractivity contribution in [1.29, 1.82) is 0 Å². The standard InChI is InChI=1S/C17H23Cl2N5O/c1-5-20-16(21-9-11-6-7-12(18)8-13(11)19)22-10-14-23-15(25-24-14)17(2,3)4/h6-8H,5,9-10H2,1-4H3,(H2,20,21,22). The van der Waals surface area contributed by atoms with Crippen molar-refractivity contribution in [3.05, 3.63) is 45.5 Å². The predicted molar refractivity (Wildman–Crippen MR) is 101 cm³/mol. The second-order valence-corrected chi connectivity index (χ2v) is 7.39. The summed E-state index contributed by atoms with van der Waals surface area (Å²) < 4.78 is 5.29. The minimum Gasteiger partial charge on any atom is -0.357 e. The van der Waals surface area contributed by atoms with E-state index in [0.717, 1.165) is 12.1 Å². The number of guanidine groups is 1. The SMILES string of the molecule is CCNC(=NCc1ccc(Cl)cc1Cl)NCc1noc(C(C)(C)C)n1. The molecule has 136 valence electrons. The zero-order valence-corrected chi connectivity index (χ0v) is 16.4. The molecule has 0 aliphatic carbocycles. The molecule has 0 spiro atoms. The molecule has 0 unspecified atom stereocenters. The maximum absolute atomic E-state index is 6.18. The Morgan fingerprint density at radius 3 is 2.60 bits per heavy atom. The lowest BCUT2D eigenvalue weighted by molar-refractivity contribution is 0.318. The van der Waals surface area contributed by atoms with Crippen molar-refractivity contribution in [3.63, 3.8) is 0 Å². The Hall–Kier alpha value is -1.79. The van der Waals surface area contributed by atoms with Gasteiger partial charge in [0.2, 0.25) is 5.89 Å². The van der Waals surface area contributed by atoms with Crippen molar-refractivity contribution in [1.82, 2.24) is 20.8 Å². The third-order valence-electron chi connectivity index (χ3n) is 3.29. The number of nitrogens with one attached hydrogen (secondary N) is 2. The first-order chi connectivity index (χ1) is 11.8. The summed E-state index contributed by atoms with van der Waals surface area (Å²) in [5.41, 5.74) is 0.729. The van der Waals surface area contributed by atoms with Gasteiger partial charge in [0.1, 0.15) is 0 Å². The summed E-state index contributed by atoms with van der Waals surface area (Å²) in [6, 6.07) is 5.38. The second kappa shape index (κ2) is 8.54. The van der Waals surface area contributed by atoms with Crippen molar-refractivity contribution in [3.8, 4) is 0 Å². The lowest BCUT2D eigenvalue weighted by Gasteiger charge is -2.11. The van der Waals surface area contributed by atoms with Crippen molar-refractivity contribution in [2.75, 3.05) is 6.54 Å². The van der Waals surface area contributed by atoms with Gasteiger partial charge in [0.15, 0.2) is 11.8 Å². The van der Waals surface area contributed by atoms with Crippen LogP contribution in [0.3, 0.4) is 0 Å². The maximum Gasteiger partial charge on any atom is 0.232 e. The van der Waals surface area contributed by atoms with Crippen LogP contribution in [-0.2, 0) is 18.5 Å². The molecule has 0 saturated heterocycles. The summed E-state index contributed by atoms with van der Waals surface area (Å²) in [4.78, 5) is 8.92. The maximum atomic E-state index is 6.18. The summed E-state index contributed by atoms with van der Waals surface area (Å²) >= 11 is 12.1. The van der Waals surface area contributed by atoms with E-state index >= 15 is 0 Å². The molecule has 2 rings (SSSR count). The highest BCUT2D eigenvalue weighted by Gasteiger charge is 2.21. The number of aromatic nitrogens is 2. The van der Waals surface area contributed by atoms with Crippen LogP contribution in [0.2, 0.25) is 10.0 Å². The first-order valence-electron chi connectivity index (χ1n) is 8.08. The Balaban J connectivity index is 2.01. The average molecular weight is 384 g/mol. The third-order valence-corrected chi connectivity index (χ3v) is 3.88. The van der Waals surface area contributed by atoms with Crippen LogP contribution in [0.4, 0.5) is 0 Å². The molecule has 1 aromatic carbocycles. The second-order valence-electron chi connectivity index (χ2n) is 6.55. The number of rotatable bonds is 5. The fraction of sp³-hybridized carbons (Fsp3) is 0.471. The highest BCUT2D eigenvalue weighted by atomic mass is 35.5. The topological polar surface area (TPSA) is 75.3 Å². The van der Waals surface area contributed by atoms with Crippen LogP contribution in [0.25, 0.3) is 0 Å². The van der Waals surface area contributed by atoms with Gasteiger partial charge in [-0.25, -0.2) is 4.99 Å². The van der Waals surface area contributed by atoms with E-state index in [0.29, 0.717) is 40.8 Å². The molecule has 0 fully saturated rings. The molecule has 0 aliphatic rings. The zero-order chi connectivity index (χ0) is 18.4. The molecular formula is C17H23Cl2N5O. The number of hydrogen-bond acceptors (Lipinski definition) is 4. The Morgan fingerprint density at radius 1 is 1.24 bits per heavy atom. The van der Waals surface area contributed by atoms with Gasteiger partial charge < -0.3 is 15.2 Å². The van der Waals surface area contributed by atoms with Gasteiger partial charge in [-0.15, -0.1) is 0 Å². The third kappa shape index (κ3) is 5.90. The normalized spacial score (nSPS) is 12.3. The first kappa shape index (κ1) is 19.5. The van der Waals surface area contributed by atoms with E-state index in [1.807, 2.05) is 33.8 Å². The fourth-order valence-electron chi connectivity index (χ4n) is 1.95. The van der Waals surface area contributed by atoms with E-state index in [1.165, 1.54) is 0 Å². The van der Waals surface area contributed by atoms with Gasteiger partial charge in [0, 0.05) is 22.0 Å². The van der Waals surface area contributed by atoms with Crippen LogP contribution in [0.1, 0.15) is 45.0 Å². The summed E-state index contributed by atoms with van der Waals surface area (Å²) in [5, 5.41) is 11.6. The van der Waals surface area contributed by atoms with Crippen molar-refractivity contribution >= 4 is 29.2 Å². The number of benzene rings is 1. The lowest BCUT2D eigenvalue weighted by atomic mass is 9.97. The Bertz CT molecular complexity index is 737. The van der Waals surface area contributed by atoms with Crippen LogP contribution >= 0.6 is 23.2 Å². The Labute approximate surface area is 158 Å². The van der Waals surface area contributed by atoms with Crippen molar-refractivity contribution in [2.24, 2.45) is 4.99 Å². The van der Waals surface area contributed by atoms with Crippen molar-refractivity contribution in [2.45, 2.75) is 46.2 Å². The Morgan fingerprint density at radius 2 is 2.00 bits per heavy atom. The van der Waals surface area contributed by atoms with Crippen LogP contribution in [0.5, 0.6) is 0 Å². The Kier molecular flexibility index (Phi) is 6.67. The van der Waals surface area contributed by atoms with E-state index in [9.17, 15) is 0 Å². The monoisotopic (exact) mass is 383 g/mol. The number of halogens is 2. The number of aliphatic imine (C=N–C) groups is 1. The molecule has 8 heteroatoms. The van der Waals surface area contributed by atoms with Gasteiger partial charge in [0.05, 0.1) is 13.1 Å². The van der Waals surface area contributed by atoms with Gasteiger partial charge in [-0.3, -0.25) is 0 Å².